The maximum atomic E-state index is 14.7. The van der Waals surface area contributed by atoms with Crippen LogP contribution in [0, 0.1) is 0 Å². The van der Waals surface area contributed by atoms with Crippen LogP contribution in [0.3, 0.4) is 0 Å². The van der Waals surface area contributed by atoms with Gasteiger partial charge in [0.1, 0.15) is 18.0 Å². The normalized spacial score (nSPS) is 19.1. The van der Waals surface area contributed by atoms with E-state index in [0.29, 0.717) is 30.5 Å². The maximum Gasteiger partial charge on any atom is 0.256 e. The van der Waals surface area contributed by atoms with Crippen molar-refractivity contribution in [3.8, 4) is 5.75 Å². The fraction of sp³-hybridized carbons (Fsp3) is 0.386. The molecule has 14 nitrogen and oxygen atoms in total. The first-order valence-electron chi connectivity index (χ1n) is 19.8. The summed E-state index contributed by atoms with van der Waals surface area (Å²) in [4.78, 5) is 78.8. The quantitative estimate of drug-likeness (QED) is 0.217. The number of nitrogens with zero attached hydrogens (tertiary/aromatic N) is 8. The first-order chi connectivity index (χ1) is 27.9. The van der Waals surface area contributed by atoms with Crippen molar-refractivity contribution < 1.29 is 29.1 Å². The zero-order valence-corrected chi connectivity index (χ0v) is 33.5. The van der Waals surface area contributed by atoms with Crippen molar-refractivity contribution in [2.45, 2.75) is 38.0 Å². The van der Waals surface area contributed by atoms with Crippen molar-refractivity contribution in [3.05, 3.63) is 114 Å². The molecule has 4 heterocycles. The molecule has 304 valence electrons. The molecular weight excluding hydrogens is 737 g/mol. The average molecular weight is 789 g/mol. The molecule has 0 unspecified atom stereocenters. The van der Waals surface area contributed by atoms with Gasteiger partial charge < -0.3 is 34.2 Å². The molecule has 1 N–H and O–H groups in total. The van der Waals surface area contributed by atoms with E-state index in [4.69, 9.17) is 0 Å². The first-order valence-corrected chi connectivity index (χ1v) is 19.8. The standard InChI is InChI=1S/C44H52N8O6/c1-5-20-50-30-41(56)51-37(25-32-14-17-34(53)18-15-32)44(58)49(28-38(51)52(50)39(54)19-16-31-10-7-6-8-11-31)26-33-12-9-13-35-36(27-46(3)42(33)35)43(57)47(4)29-40(55)48-23-21-45(2)22-24-48/h5-15,17-18,27,37-38,53H,1,16,19-26,28-30H2,2-4H3/t37-,38-/m0/s1. The number of aromatic nitrogens is 1. The van der Waals surface area contributed by atoms with Crippen molar-refractivity contribution in [1.82, 2.24) is 39.1 Å². The Morgan fingerprint density at radius 3 is 2.33 bits per heavy atom. The van der Waals surface area contributed by atoms with Crippen LogP contribution in [0.15, 0.2) is 91.6 Å². The maximum absolute atomic E-state index is 14.7. The number of aryl methyl sites for hydroxylation is 2. The highest BCUT2D eigenvalue weighted by Gasteiger charge is 2.51. The number of aromatic hydroxyl groups is 1. The van der Waals surface area contributed by atoms with Gasteiger partial charge in [0, 0.05) is 77.8 Å². The predicted octanol–water partition coefficient (Wildman–Crippen LogP) is 2.72. The van der Waals surface area contributed by atoms with Gasteiger partial charge in [-0.05, 0) is 42.3 Å². The van der Waals surface area contributed by atoms with Gasteiger partial charge in [0.15, 0.2) is 0 Å². The van der Waals surface area contributed by atoms with Crippen molar-refractivity contribution in [2.75, 3.05) is 66.5 Å². The van der Waals surface area contributed by atoms with Crippen LogP contribution in [0.5, 0.6) is 5.75 Å². The van der Waals surface area contributed by atoms with Gasteiger partial charge in [-0.2, -0.15) is 0 Å². The Kier molecular flexibility index (Phi) is 12.0. The highest BCUT2D eigenvalue weighted by atomic mass is 16.3. The smallest absolute Gasteiger partial charge is 0.256 e. The summed E-state index contributed by atoms with van der Waals surface area (Å²) in [5.41, 5.74) is 3.76. The number of likely N-dealkylation sites (N-methyl/N-ethyl adjacent to an activating group) is 2. The van der Waals surface area contributed by atoms with Crippen molar-refractivity contribution in [3.63, 3.8) is 0 Å². The van der Waals surface area contributed by atoms with E-state index < -0.39 is 12.2 Å². The second-order valence-corrected chi connectivity index (χ2v) is 15.6. The number of para-hydroxylation sites is 1. The topological polar surface area (TPSA) is 133 Å². The summed E-state index contributed by atoms with van der Waals surface area (Å²) in [6.45, 7) is 7.06. The Hall–Kier alpha value is -5.99. The van der Waals surface area contributed by atoms with Gasteiger partial charge in [-0.3, -0.25) is 24.0 Å². The minimum Gasteiger partial charge on any atom is -0.508 e. The van der Waals surface area contributed by atoms with Crippen LogP contribution in [0.4, 0.5) is 0 Å². The van der Waals surface area contributed by atoms with E-state index in [1.165, 1.54) is 4.90 Å². The Bertz CT molecular complexity index is 2180. The lowest BCUT2D eigenvalue weighted by Gasteiger charge is -2.55. The summed E-state index contributed by atoms with van der Waals surface area (Å²) in [5.74, 6) is -0.992. The third-order valence-electron chi connectivity index (χ3n) is 11.5. The molecule has 14 heteroatoms. The van der Waals surface area contributed by atoms with Crippen LogP contribution < -0.4 is 0 Å². The second-order valence-electron chi connectivity index (χ2n) is 15.6. The lowest BCUT2D eigenvalue weighted by atomic mass is 9.97. The highest BCUT2D eigenvalue weighted by molar-refractivity contribution is 6.08. The number of carbonyl (C=O) groups is 5. The second kappa shape index (κ2) is 17.2. The molecule has 2 atom stereocenters. The summed E-state index contributed by atoms with van der Waals surface area (Å²) < 4.78 is 1.87. The van der Waals surface area contributed by atoms with Crippen molar-refractivity contribution in [1.29, 1.82) is 0 Å². The summed E-state index contributed by atoms with van der Waals surface area (Å²) in [7, 11) is 5.52. The molecule has 0 radical (unpaired) electrons. The summed E-state index contributed by atoms with van der Waals surface area (Å²) in [5, 5.41) is 14.1. The molecule has 0 bridgehead atoms. The molecule has 1 aromatic heterocycles. The molecule has 5 amide bonds. The van der Waals surface area contributed by atoms with E-state index >= 15 is 0 Å². The number of fused-ring (bicyclic) bond motifs is 2. The van der Waals surface area contributed by atoms with Crippen LogP contribution in [0.2, 0.25) is 0 Å². The van der Waals surface area contributed by atoms with Crippen LogP contribution in [-0.4, -0.2) is 152 Å². The number of hydrazine groups is 1. The van der Waals surface area contributed by atoms with Gasteiger partial charge in [-0.15, -0.1) is 6.58 Å². The number of phenols is 1. The van der Waals surface area contributed by atoms with Gasteiger partial charge in [-0.25, -0.2) is 10.0 Å². The summed E-state index contributed by atoms with van der Waals surface area (Å²) in [6, 6.07) is 21.0. The number of hydrogen-bond acceptors (Lipinski definition) is 8. The molecule has 4 aromatic rings. The largest absolute Gasteiger partial charge is 0.508 e. The molecular formula is C44H52N8O6. The number of carbonyl (C=O) groups excluding carboxylic acids is 5. The highest BCUT2D eigenvalue weighted by Crippen LogP contribution is 2.32. The molecule has 3 aliphatic rings. The van der Waals surface area contributed by atoms with Crippen molar-refractivity contribution in [2.24, 2.45) is 7.05 Å². The number of hydrogen-bond donors (Lipinski definition) is 1. The van der Waals surface area contributed by atoms with E-state index in [9.17, 15) is 29.1 Å². The molecule has 0 spiro atoms. The lowest BCUT2D eigenvalue weighted by Crippen LogP contribution is -2.75. The van der Waals surface area contributed by atoms with E-state index in [2.05, 4.69) is 11.5 Å². The van der Waals surface area contributed by atoms with Crippen LogP contribution in [-0.2, 0) is 45.6 Å². The van der Waals surface area contributed by atoms with E-state index in [0.717, 1.165) is 35.3 Å². The van der Waals surface area contributed by atoms with Crippen LogP contribution >= 0.6 is 0 Å². The molecule has 3 fully saturated rings. The zero-order valence-electron chi connectivity index (χ0n) is 33.5. The van der Waals surface area contributed by atoms with E-state index in [1.807, 2.05) is 67.2 Å². The number of rotatable bonds is 12. The SMILES string of the molecule is C=CCN1CC(=O)N2[C@@H](Cc3ccc(O)cc3)C(=O)N(Cc3cccc4c(C(=O)N(C)CC(=O)N5CCN(C)CC5)cn(C)c34)C[C@@H]2N1C(=O)CCc1ccccc1. The minimum atomic E-state index is -0.928. The average Bonchev–Trinajstić information content (AvgIpc) is 3.56. The van der Waals surface area contributed by atoms with Gasteiger partial charge in [0.05, 0.1) is 30.7 Å². The Labute approximate surface area is 339 Å². The fourth-order valence-corrected chi connectivity index (χ4v) is 8.46. The number of benzene rings is 3. The van der Waals surface area contributed by atoms with E-state index in [-0.39, 0.29) is 80.9 Å². The first kappa shape index (κ1) is 40.2. The summed E-state index contributed by atoms with van der Waals surface area (Å²) >= 11 is 0. The Morgan fingerprint density at radius 1 is 0.897 bits per heavy atom. The molecule has 3 saturated heterocycles. The molecule has 0 aliphatic carbocycles. The number of phenolic OH excluding ortho intramolecular Hbond substituents is 1. The minimum absolute atomic E-state index is 0.0383. The molecule has 3 aliphatic heterocycles. The fourth-order valence-electron chi connectivity index (χ4n) is 8.46. The number of piperazine rings is 2. The lowest BCUT2D eigenvalue weighted by molar-refractivity contribution is -0.205. The van der Waals surface area contributed by atoms with Gasteiger partial charge in [-0.1, -0.05) is 66.7 Å². The third-order valence-corrected chi connectivity index (χ3v) is 11.5. The Balaban J connectivity index is 1.19. The van der Waals surface area contributed by atoms with Crippen molar-refractivity contribution >= 4 is 40.4 Å². The van der Waals surface area contributed by atoms with Crippen LogP contribution in [0.1, 0.15) is 33.5 Å². The summed E-state index contributed by atoms with van der Waals surface area (Å²) in [6.07, 6.45) is 3.52. The monoisotopic (exact) mass is 788 g/mol. The zero-order chi connectivity index (χ0) is 41.1. The molecule has 7 rings (SSSR count). The third kappa shape index (κ3) is 8.34. The number of amides is 5. The van der Waals surface area contributed by atoms with Gasteiger partial charge in [0.2, 0.25) is 23.6 Å². The molecule has 3 aromatic carbocycles. The predicted molar refractivity (Wildman–Crippen MR) is 219 cm³/mol. The van der Waals surface area contributed by atoms with Gasteiger partial charge >= 0.3 is 0 Å². The van der Waals surface area contributed by atoms with Crippen LogP contribution in [0.25, 0.3) is 10.9 Å². The van der Waals surface area contributed by atoms with Gasteiger partial charge in [0.25, 0.3) is 5.91 Å². The van der Waals surface area contributed by atoms with E-state index in [1.54, 1.807) is 68.3 Å². The Morgan fingerprint density at radius 2 is 1.62 bits per heavy atom. The molecule has 0 saturated carbocycles. The molecule has 58 heavy (non-hydrogen) atoms.